The predicted molar refractivity (Wildman–Crippen MR) is 115 cm³/mol. The molecule has 2 heteroatoms. The molecule has 0 aliphatic heterocycles. The number of carbonyl (C=O) groups is 1. The summed E-state index contributed by atoms with van der Waals surface area (Å²) >= 11 is 0. The molecule has 0 aromatic heterocycles. The highest BCUT2D eigenvalue weighted by Gasteiger charge is 2.59. The van der Waals surface area contributed by atoms with Crippen LogP contribution in [0.4, 0.5) is 0 Å². The van der Waals surface area contributed by atoms with Gasteiger partial charge in [-0.1, -0.05) is 53.2 Å². The number of fused-ring (bicyclic) bond motifs is 5. The smallest absolute Gasteiger partial charge is 0.133 e. The molecule has 0 heterocycles. The molecule has 4 aliphatic rings. The Labute approximate surface area is 168 Å². The lowest BCUT2D eigenvalue weighted by molar-refractivity contribution is -0.127. The van der Waals surface area contributed by atoms with Gasteiger partial charge in [-0.3, -0.25) is 4.79 Å². The first-order valence-electron chi connectivity index (χ1n) is 11.7. The van der Waals surface area contributed by atoms with Crippen molar-refractivity contribution in [1.29, 1.82) is 0 Å². The Balaban J connectivity index is 0.000000614. The molecular formula is C25H44O2. The Hall–Kier alpha value is -0.630. The van der Waals surface area contributed by atoms with Crippen LogP contribution in [0.1, 0.15) is 99.8 Å². The molecule has 0 radical (unpaired) electrons. The molecule has 0 aromatic rings. The molecule has 3 fully saturated rings. The summed E-state index contributed by atoms with van der Waals surface area (Å²) in [6.07, 6.45) is 11.5. The number of hydrogen-bond acceptors (Lipinski definition) is 2. The van der Waals surface area contributed by atoms with Crippen LogP contribution in [0.15, 0.2) is 11.6 Å². The van der Waals surface area contributed by atoms with E-state index < -0.39 is 0 Å². The largest absolute Gasteiger partial charge is 0.393 e. The van der Waals surface area contributed by atoms with Crippen LogP contribution < -0.4 is 0 Å². The van der Waals surface area contributed by atoms with Crippen LogP contribution in [0, 0.1) is 34.5 Å². The van der Waals surface area contributed by atoms with Crippen molar-refractivity contribution in [3.05, 3.63) is 11.6 Å². The first-order chi connectivity index (χ1) is 12.9. The minimum atomic E-state index is -0.117. The van der Waals surface area contributed by atoms with E-state index in [4.69, 9.17) is 0 Å². The third-order valence-electron chi connectivity index (χ3n) is 8.57. The van der Waals surface area contributed by atoms with Gasteiger partial charge >= 0.3 is 0 Å². The molecule has 156 valence electrons. The van der Waals surface area contributed by atoms with Crippen LogP contribution in [0.25, 0.3) is 0 Å². The number of carbonyl (C=O) groups excluding carboxylic acids is 1. The van der Waals surface area contributed by atoms with E-state index in [-0.39, 0.29) is 11.5 Å². The molecule has 0 aromatic carbocycles. The van der Waals surface area contributed by atoms with Gasteiger partial charge in [-0.25, -0.2) is 0 Å². The number of ketones is 1. The first-order valence-corrected chi connectivity index (χ1v) is 11.7. The lowest BCUT2D eigenvalue weighted by Gasteiger charge is -2.57. The number of Topliss-reactive ketones (excluding diaryl/α,β-unsaturated/α-hetero) is 1. The Morgan fingerprint density at radius 2 is 1.67 bits per heavy atom. The Bertz CT molecular complexity index is 551. The summed E-state index contributed by atoms with van der Waals surface area (Å²) in [5.74, 6) is 3.00. The van der Waals surface area contributed by atoms with Crippen molar-refractivity contribution < 1.29 is 9.90 Å². The molecule has 0 amide bonds. The molecule has 0 bridgehead atoms. The molecule has 1 N–H and O–H groups in total. The monoisotopic (exact) mass is 376 g/mol. The number of aliphatic hydroxyl groups excluding tert-OH is 1. The maximum absolute atomic E-state index is 12.2. The fourth-order valence-corrected chi connectivity index (χ4v) is 7.31. The number of aliphatic hydroxyl groups is 1. The Morgan fingerprint density at radius 3 is 2.30 bits per heavy atom. The fourth-order valence-electron chi connectivity index (χ4n) is 7.31. The zero-order chi connectivity index (χ0) is 20.4. The van der Waals surface area contributed by atoms with E-state index in [2.05, 4.69) is 19.9 Å². The number of hydrogen-bond donors (Lipinski definition) is 1. The summed E-state index contributed by atoms with van der Waals surface area (Å²) in [5.41, 5.74) is 2.11. The zero-order valence-corrected chi connectivity index (χ0v) is 19.0. The maximum Gasteiger partial charge on any atom is 0.133 e. The molecule has 7 unspecified atom stereocenters. The van der Waals surface area contributed by atoms with Crippen molar-refractivity contribution in [2.24, 2.45) is 34.5 Å². The maximum atomic E-state index is 12.2. The van der Waals surface area contributed by atoms with Gasteiger partial charge in [-0.15, -0.1) is 0 Å². The van der Waals surface area contributed by atoms with Crippen molar-refractivity contribution in [3.8, 4) is 0 Å². The average molecular weight is 377 g/mol. The van der Waals surface area contributed by atoms with Gasteiger partial charge in [0.1, 0.15) is 5.78 Å². The van der Waals surface area contributed by atoms with Crippen LogP contribution in [-0.4, -0.2) is 17.0 Å². The van der Waals surface area contributed by atoms with E-state index in [0.717, 1.165) is 43.4 Å². The summed E-state index contributed by atoms with van der Waals surface area (Å²) in [7, 11) is 0. The van der Waals surface area contributed by atoms with Crippen molar-refractivity contribution in [2.75, 3.05) is 0 Å². The molecule has 7 atom stereocenters. The summed E-state index contributed by atoms with van der Waals surface area (Å²) in [6, 6.07) is 0. The van der Waals surface area contributed by atoms with Gasteiger partial charge < -0.3 is 5.11 Å². The number of rotatable bonds is 1. The van der Waals surface area contributed by atoms with Gasteiger partial charge in [0.2, 0.25) is 0 Å². The SMILES string of the molecule is CC.CC.CC(=O)C1CCC2C3CC=C4CC(O)CCC4(C)C3CCC12C. The van der Waals surface area contributed by atoms with E-state index in [1.807, 2.05) is 34.6 Å². The van der Waals surface area contributed by atoms with Crippen LogP contribution in [-0.2, 0) is 4.79 Å². The molecule has 27 heavy (non-hydrogen) atoms. The second kappa shape index (κ2) is 8.80. The lowest BCUT2D eigenvalue weighted by atomic mass is 9.47. The summed E-state index contributed by atoms with van der Waals surface area (Å²) < 4.78 is 0. The minimum Gasteiger partial charge on any atom is -0.393 e. The highest BCUT2D eigenvalue weighted by atomic mass is 16.3. The second-order valence-corrected chi connectivity index (χ2v) is 9.44. The van der Waals surface area contributed by atoms with Gasteiger partial charge in [-0.2, -0.15) is 0 Å². The van der Waals surface area contributed by atoms with Gasteiger partial charge in [0, 0.05) is 5.92 Å². The molecule has 0 saturated heterocycles. The standard InChI is InChI=1S/C21H32O2.2C2H6/c1-13(22)17-6-7-18-16-5-4-14-12-15(23)8-10-20(14,2)19(16)9-11-21(17,18)3;2*1-2/h4,15-19,23H,5-12H2,1-3H3;2*1-2H3. The van der Waals surface area contributed by atoms with E-state index in [0.29, 0.717) is 17.1 Å². The van der Waals surface area contributed by atoms with Gasteiger partial charge in [0.25, 0.3) is 0 Å². The van der Waals surface area contributed by atoms with Crippen LogP contribution in [0.2, 0.25) is 0 Å². The van der Waals surface area contributed by atoms with Crippen LogP contribution in [0.3, 0.4) is 0 Å². The second-order valence-electron chi connectivity index (χ2n) is 9.44. The quantitative estimate of drug-likeness (QED) is 0.526. The zero-order valence-electron chi connectivity index (χ0n) is 19.0. The van der Waals surface area contributed by atoms with Crippen LogP contribution >= 0.6 is 0 Å². The summed E-state index contributed by atoms with van der Waals surface area (Å²) in [4.78, 5) is 12.2. The number of allylic oxidation sites excluding steroid dienone is 1. The molecule has 2 nitrogen and oxygen atoms in total. The third-order valence-corrected chi connectivity index (χ3v) is 8.57. The lowest BCUT2D eigenvalue weighted by Crippen LogP contribution is -2.50. The van der Waals surface area contributed by atoms with Crippen molar-refractivity contribution >= 4 is 5.78 Å². The first kappa shape index (κ1) is 22.7. The van der Waals surface area contributed by atoms with Gasteiger partial charge in [0.15, 0.2) is 0 Å². The fraction of sp³-hybridized carbons (Fsp3) is 0.880. The van der Waals surface area contributed by atoms with E-state index in [9.17, 15) is 9.90 Å². The molecule has 0 spiro atoms. The normalized spacial score (nSPS) is 44.9. The topological polar surface area (TPSA) is 37.3 Å². The van der Waals surface area contributed by atoms with Gasteiger partial charge in [0.05, 0.1) is 6.10 Å². The third kappa shape index (κ3) is 3.68. The van der Waals surface area contributed by atoms with E-state index >= 15 is 0 Å². The Kier molecular flexibility index (Phi) is 7.39. The summed E-state index contributed by atoms with van der Waals surface area (Å²) in [5, 5.41) is 10.1. The van der Waals surface area contributed by atoms with E-state index in [1.165, 1.54) is 25.7 Å². The summed E-state index contributed by atoms with van der Waals surface area (Å²) in [6.45, 7) is 14.7. The van der Waals surface area contributed by atoms with Gasteiger partial charge in [-0.05, 0) is 86.9 Å². The highest BCUT2D eigenvalue weighted by Crippen LogP contribution is 2.66. The van der Waals surface area contributed by atoms with Crippen molar-refractivity contribution in [3.63, 3.8) is 0 Å². The van der Waals surface area contributed by atoms with Crippen molar-refractivity contribution in [2.45, 2.75) is 106 Å². The highest BCUT2D eigenvalue weighted by molar-refractivity contribution is 5.79. The van der Waals surface area contributed by atoms with Crippen LogP contribution in [0.5, 0.6) is 0 Å². The Morgan fingerprint density at radius 1 is 1.00 bits per heavy atom. The minimum absolute atomic E-state index is 0.117. The molecular weight excluding hydrogens is 332 g/mol. The molecule has 4 rings (SSSR count). The van der Waals surface area contributed by atoms with E-state index in [1.54, 1.807) is 5.57 Å². The molecule has 4 aliphatic carbocycles. The predicted octanol–water partition coefficient (Wildman–Crippen LogP) is 6.57. The molecule has 3 saturated carbocycles. The van der Waals surface area contributed by atoms with Crippen molar-refractivity contribution in [1.82, 2.24) is 0 Å². The average Bonchev–Trinajstić information content (AvgIpc) is 3.03.